The fourth-order valence-corrected chi connectivity index (χ4v) is 1.44. The van der Waals surface area contributed by atoms with Crippen molar-refractivity contribution in [1.29, 1.82) is 0 Å². The number of nitrogens with zero attached hydrogens (tertiary/aromatic N) is 2. The number of aromatic nitrogens is 3. The average molecular weight is 206 g/mol. The molecular formula is C8H10N6O. The number of nitrogens with two attached hydrogens (primary N) is 2. The smallest absolute Gasteiger partial charge is 0.251 e. The standard InChI is InChI=1S/C8H10N6O/c1-3-12-7-5(8(13-3)14-10)4(2-11-7)6(9)15/h2H,10H2,1H3,(H2,9,15)(H2,11,12,13,14). The number of rotatable bonds is 2. The molecule has 0 saturated heterocycles. The van der Waals surface area contributed by atoms with E-state index >= 15 is 0 Å². The van der Waals surface area contributed by atoms with Crippen molar-refractivity contribution >= 4 is 22.8 Å². The molecule has 2 heterocycles. The Kier molecular flexibility index (Phi) is 2.01. The van der Waals surface area contributed by atoms with Crippen LogP contribution in [0.5, 0.6) is 0 Å². The number of nitrogens with one attached hydrogen (secondary N) is 2. The monoisotopic (exact) mass is 206 g/mol. The third kappa shape index (κ3) is 1.38. The van der Waals surface area contributed by atoms with Crippen molar-refractivity contribution in [2.75, 3.05) is 5.43 Å². The second-order valence-corrected chi connectivity index (χ2v) is 3.05. The molecule has 2 aromatic heterocycles. The third-order valence-corrected chi connectivity index (χ3v) is 2.05. The van der Waals surface area contributed by atoms with Crippen molar-refractivity contribution in [3.63, 3.8) is 0 Å². The first-order valence-electron chi connectivity index (χ1n) is 4.25. The van der Waals surface area contributed by atoms with Gasteiger partial charge in [-0.15, -0.1) is 0 Å². The van der Waals surface area contributed by atoms with E-state index in [1.165, 1.54) is 6.20 Å². The molecule has 7 nitrogen and oxygen atoms in total. The van der Waals surface area contributed by atoms with E-state index in [0.717, 1.165) is 0 Å². The molecule has 0 fully saturated rings. The number of H-pyrrole nitrogens is 1. The molecule has 0 aliphatic carbocycles. The minimum Gasteiger partial charge on any atom is -0.366 e. The van der Waals surface area contributed by atoms with Crippen LogP contribution in [-0.4, -0.2) is 20.9 Å². The van der Waals surface area contributed by atoms with Crippen LogP contribution in [0.15, 0.2) is 6.20 Å². The van der Waals surface area contributed by atoms with Crippen molar-refractivity contribution in [2.45, 2.75) is 6.92 Å². The molecule has 0 spiro atoms. The number of amides is 1. The van der Waals surface area contributed by atoms with Gasteiger partial charge in [-0.25, -0.2) is 15.8 Å². The number of primary amides is 1. The minimum absolute atomic E-state index is 0.318. The van der Waals surface area contributed by atoms with Crippen LogP contribution in [-0.2, 0) is 0 Å². The number of hydrogen-bond acceptors (Lipinski definition) is 5. The molecule has 15 heavy (non-hydrogen) atoms. The molecule has 0 radical (unpaired) electrons. The van der Waals surface area contributed by atoms with E-state index < -0.39 is 5.91 Å². The topological polar surface area (TPSA) is 123 Å². The second kappa shape index (κ2) is 3.21. The van der Waals surface area contributed by atoms with Crippen LogP contribution in [0.1, 0.15) is 16.2 Å². The zero-order chi connectivity index (χ0) is 11.0. The summed E-state index contributed by atoms with van der Waals surface area (Å²) in [5.74, 6) is 5.69. The Labute approximate surface area is 84.9 Å². The minimum atomic E-state index is -0.551. The molecule has 0 unspecified atom stereocenters. The van der Waals surface area contributed by atoms with Crippen LogP contribution in [0.2, 0.25) is 0 Å². The highest BCUT2D eigenvalue weighted by Gasteiger charge is 2.14. The molecule has 78 valence electrons. The van der Waals surface area contributed by atoms with Crippen LogP contribution >= 0.6 is 0 Å². The average Bonchev–Trinajstić information content (AvgIpc) is 2.59. The first-order chi connectivity index (χ1) is 7.13. The number of hydrazine groups is 1. The highest BCUT2D eigenvalue weighted by molar-refractivity contribution is 6.08. The fraction of sp³-hybridized carbons (Fsp3) is 0.125. The van der Waals surface area contributed by atoms with Crippen molar-refractivity contribution < 1.29 is 4.79 Å². The Bertz CT molecular complexity index is 531. The van der Waals surface area contributed by atoms with Gasteiger partial charge in [0, 0.05) is 6.20 Å². The van der Waals surface area contributed by atoms with E-state index in [9.17, 15) is 4.79 Å². The lowest BCUT2D eigenvalue weighted by molar-refractivity contribution is 0.100. The van der Waals surface area contributed by atoms with Crippen LogP contribution < -0.4 is 17.0 Å². The van der Waals surface area contributed by atoms with E-state index in [2.05, 4.69) is 20.4 Å². The molecule has 6 N–H and O–H groups in total. The zero-order valence-electron chi connectivity index (χ0n) is 8.03. The lowest BCUT2D eigenvalue weighted by Gasteiger charge is -2.03. The Morgan fingerprint density at radius 1 is 1.53 bits per heavy atom. The van der Waals surface area contributed by atoms with Gasteiger partial charge in [-0.05, 0) is 6.92 Å². The molecule has 0 aliphatic rings. The van der Waals surface area contributed by atoms with Crippen molar-refractivity contribution in [1.82, 2.24) is 15.0 Å². The molecule has 2 rings (SSSR count). The number of carbonyl (C=O) groups excluding carboxylic acids is 1. The van der Waals surface area contributed by atoms with Crippen LogP contribution in [0, 0.1) is 6.92 Å². The van der Waals surface area contributed by atoms with Gasteiger partial charge in [0.05, 0.1) is 10.9 Å². The fourth-order valence-electron chi connectivity index (χ4n) is 1.44. The summed E-state index contributed by atoms with van der Waals surface area (Å²) >= 11 is 0. The summed E-state index contributed by atoms with van der Waals surface area (Å²) in [5, 5.41) is 0.510. The molecule has 0 bridgehead atoms. The van der Waals surface area contributed by atoms with Gasteiger partial charge < -0.3 is 16.1 Å². The molecule has 1 amide bonds. The number of fused-ring (bicyclic) bond motifs is 1. The summed E-state index contributed by atoms with van der Waals surface area (Å²) in [5.41, 5.74) is 8.47. The van der Waals surface area contributed by atoms with Crippen molar-refractivity contribution in [2.24, 2.45) is 11.6 Å². The maximum atomic E-state index is 11.1. The summed E-state index contributed by atoms with van der Waals surface area (Å²) < 4.78 is 0. The molecule has 7 heteroatoms. The van der Waals surface area contributed by atoms with E-state index in [4.69, 9.17) is 11.6 Å². The first kappa shape index (κ1) is 9.41. The SMILES string of the molecule is Cc1nc(NN)c2c(C(N)=O)c[nH]c2n1. The number of aromatic amines is 1. The zero-order valence-corrected chi connectivity index (χ0v) is 8.03. The Morgan fingerprint density at radius 2 is 2.27 bits per heavy atom. The van der Waals surface area contributed by atoms with Gasteiger partial charge in [0.1, 0.15) is 11.5 Å². The van der Waals surface area contributed by atoms with Crippen molar-refractivity contribution in [3.8, 4) is 0 Å². The third-order valence-electron chi connectivity index (χ3n) is 2.05. The highest BCUT2D eigenvalue weighted by atomic mass is 16.1. The Balaban J connectivity index is 2.83. The summed E-state index contributed by atoms with van der Waals surface area (Å²) in [6.45, 7) is 1.73. The second-order valence-electron chi connectivity index (χ2n) is 3.05. The van der Waals surface area contributed by atoms with Crippen LogP contribution in [0.4, 0.5) is 5.82 Å². The van der Waals surface area contributed by atoms with Crippen LogP contribution in [0.3, 0.4) is 0 Å². The predicted molar refractivity (Wildman–Crippen MR) is 55.0 cm³/mol. The maximum Gasteiger partial charge on any atom is 0.251 e. The quantitative estimate of drug-likeness (QED) is 0.395. The number of nitrogen functional groups attached to an aromatic ring is 1. The van der Waals surface area contributed by atoms with Gasteiger partial charge in [-0.2, -0.15) is 0 Å². The predicted octanol–water partition coefficient (Wildman–Crippen LogP) is -0.349. The lowest BCUT2D eigenvalue weighted by Crippen LogP contribution is -2.14. The van der Waals surface area contributed by atoms with Gasteiger partial charge in [-0.3, -0.25) is 4.79 Å². The summed E-state index contributed by atoms with van der Waals surface area (Å²) in [4.78, 5) is 22.1. The number of hydrogen-bond donors (Lipinski definition) is 4. The summed E-state index contributed by atoms with van der Waals surface area (Å²) in [6, 6.07) is 0. The number of anilines is 1. The normalized spacial score (nSPS) is 10.5. The highest BCUT2D eigenvalue weighted by Crippen LogP contribution is 2.22. The summed E-state index contributed by atoms with van der Waals surface area (Å²) in [7, 11) is 0. The van der Waals surface area contributed by atoms with E-state index in [-0.39, 0.29) is 0 Å². The van der Waals surface area contributed by atoms with Gasteiger partial charge in [0.25, 0.3) is 5.91 Å². The number of aryl methyl sites for hydroxylation is 1. The van der Waals surface area contributed by atoms with E-state index in [1.807, 2.05) is 0 Å². The maximum absolute atomic E-state index is 11.1. The first-order valence-corrected chi connectivity index (χ1v) is 4.25. The molecule has 0 atom stereocenters. The van der Waals surface area contributed by atoms with Crippen molar-refractivity contribution in [3.05, 3.63) is 17.6 Å². The molecule has 0 aromatic carbocycles. The van der Waals surface area contributed by atoms with E-state index in [1.54, 1.807) is 6.92 Å². The summed E-state index contributed by atoms with van der Waals surface area (Å²) in [6.07, 6.45) is 1.49. The van der Waals surface area contributed by atoms with Gasteiger partial charge in [0.15, 0.2) is 5.82 Å². The van der Waals surface area contributed by atoms with Gasteiger partial charge >= 0.3 is 0 Å². The molecule has 0 saturated carbocycles. The molecule has 2 aromatic rings. The molecular weight excluding hydrogens is 196 g/mol. The van der Waals surface area contributed by atoms with Gasteiger partial charge in [-0.1, -0.05) is 0 Å². The van der Waals surface area contributed by atoms with Crippen LogP contribution in [0.25, 0.3) is 11.0 Å². The Morgan fingerprint density at radius 3 is 2.87 bits per heavy atom. The largest absolute Gasteiger partial charge is 0.366 e. The molecule has 0 aliphatic heterocycles. The lowest BCUT2D eigenvalue weighted by atomic mass is 10.2. The Hall–Kier alpha value is -2.15. The van der Waals surface area contributed by atoms with Gasteiger partial charge in [0.2, 0.25) is 0 Å². The van der Waals surface area contributed by atoms with E-state index in [0.29, 0.717) is 28.2 Å². The number of carbonyl (C=O) groups is 1.